The second-order valence-electron chi connectivity index (χ2n) is 2.43. The van der Waals surface area contributed by atoms with Crippen molar-refractivity contribution in [2.75, 3.05) is 7.11 Å². The first-order valence-electron chi connectivity index (χ1n) is 3.70. The number of amidine groups is 1. The molecule has 13 heavy (non-hydrogen) atoms. The van der Waals surface area contributed by atoms with Gasteiger partial charge in [-0.3, -0.25) is 4.98 Å². The number of pyridine rings is 1. The first kappa shape index (κ1) is 9.47. The van der Waals surface area contributed by atoms with E-state index in [2.05, 4.69) is 10.1 Å². The van der Waals surface area contributed by atoms with Crippen molar-refractivity contribution in [3.8, 4) is 0 Å². The first-order chi connectivity index (χ1) is 6.29. The molecule has 1 aromatic heterocycles. The number of nitrogens with two attached hydrogens (primary N) is 1. The minimum absolute atomic E-state index is 0.00681. The molecule has 1 rings (SSSR count). The minimum atomic E-state index is -0.00681. The molecule has 0 atom stereocenters. The molecule has 1 heterocycles. The zero-order valence-electron chi connectivity index (χ0n) is 7.27. The van der Waals surface area contributed by atoms with E-state index in [9.17, 15) is 0 Å². The van der Waals surface area contributed by atoms with Crippen LogP contribution in [0.15, 0.2) is 23.5 Å². The molecule has 0 fully saturated rings. The normalized spacial score (nSPS) is 11.6. The minimum Gasteiger partial charge on any atom is -0.409 e. The molecule has 5 heteroatoms. The summed E-state index contributed by atoms with van der Waals surface area (Å²) in [6.45, 7) is 0.388. The van der Waals surface area contributed by atoms with Gasteiger partial charge in [-0.2, -0.15) is 0 Å². The van der Waals surface area contributed by atoms with Gasteiger partial charge in [-0.15, -0.1) is 0 Å². The van der Waals surface area contributed by atoms with Crippen LogP contribution in [0.5, 0.6) is 0 Å². The number of ether oxygens (including phenoxy) is 1. The Labute approximate surface area is 75.8 Å². The van der Waals surface area contributed by atoms with Gasteiger partial charge >= 0.3 is 0 Å². The molecule has 0 saturated heterocycles. The van der Waals surface area contributed by atoms with E-state index >= 15 is 0 Å². The molecule has 3 N–H and O–H groups in total. The molecule has 70 valence electrons. The van der Waals surface area contributed by atoms with Gasteiger partial charge in [0.2, 0.25) is 0 Å². The fourth-order valence-corrected chi connectivity index (χ4v) is 0.989. The largest absolute Gasteiger partial charge is 0.409 e. The number of aromatic nitrogens is 1. The van der Waals surface area contributed by atoms with Crippen LogP contribution in [0.3, 0.4) is 0 Å². The van der Waals surface area contributed by atoms with Gasteiger partial charge in [0.25, 0.3) is 0 Å². The lowest BCUT2D eigenvalue weighted by Crippen LogP contribution is -2.17. The van der Waals surface area contributed by atoms with Gasteiger partial charge in [0.15, 0.2) is 5.84 Å². The average molecular weight is 181 g/mol. The highest BCUT2D eigenvalue weighted by atomic mass is 16.5. The predicted molar refractivity (Wildman–Crippen MR) is 47.5 cm³/mol. The number of nitrogens with zero attached hydrogens (tertiary/aromatic N) is 2. The molecular formula is C8H11N3O2. The van der Waals surface area contributed by atoms with Crippen molar-refractivity contribution in [3.05, 3.63) is 29.6 Å². The van der Waals surface area contributed by atoms with Crippen LogP contribution in [-0.4, -0.2) is 23.1 Å². The Hall–Kier alpha value is -1.62. The van der Waals surface area contributed by atoms with Gasteiger partial charge in [-0.25, -0.2) is 0 Å². The predicted octanol–water partition coefficient (Wildman–Crippen LogP) is 0.322. The number of hydrogen-bond acceptors (Lipinski definition) is 4. The summed E-state index contributed by atoms with van der Waals surface area (Å²) in [6, 6.07) is 3.58. The molecular weight excluding hydrogens is 170 g/mol. The van der Waals surface area contributed by atoms with E-state index in [0.717, 1.165) is 5.56 Å². The summed E-state index contributed by atoms with van der Waals surface area (Å²) >= 11 is 0. The van der Waals surface area contributed by atoms with Crippen molar-refractivity contribution in [2.24, 2.45) is 10.9 Å². The maximum atomic E-state index is 8.46. The highest BCUT2D eigenvalue weighted by Gasteiger charge is 2.06. The van der Waals surface area contributed by atoms with Crippen LogP contribution in [0, 0.1) is 0 Å². The second-order valence-corrected chi connectivity index (χ2v) is 2.43. The zero-order valence-corrected chi connectivity index (χ0v) is 7.27. The smallest absolute Gasteiger partial charge is 0.189 e. The lowest BCUT2D eigenvalue weighted by molar-refractivity contribution is 0.184. The van der Waals surface area contributed by atoms with Crippen LogP contribution in [0.1, 0.15) is 11.3 Å². The van der Waals surface area contributed by atoms with Gasteiger partial charge in [0, 0.05) is 18.9 Å². The van der Waals surface area contributed by atoms with Crippen LogP contribution >= 0.6 is 0 Å². The lowest BCUT2D eigenvalue weighted by atomic mass is 10.2. The molecule has 0 bridgehead atoms. The molecule has 0 aliphatic carbocycles. The van der Waals surface area contributed by atoms with Crippen LogP contribution < -0.4 is 5.73 Å². The molecule has 0 spiro atoms. The van der Waals surface area contributed by atoms with Crippen molar-refractivity contribution in [1.29, 1.82) is 0 Å². The maximum absolute atomic E-state index is 8.46. The summed E-state index contributed by atoms with van der Waals surface area (Å²) in [5, 5.41) is 11.3. The van der Waals surface area contributed by atoms with Gasteiger partial charge in [-0.05, 0) is 6.07 Å². The molecule has 0 amide bonds. The lowest BCUT2D eigenvalue weighted by Gasteiger charge is -2.04. The molecule has 0 saturated carbocycles. The third-order valence-electron chi connectivity index (χ3n) is 1.54. The fraction of sp³-hybridized carbons (Fsp3) is 0.250. The van der Waals surface area contributed by atoms with Gasteiger partial charge in [0.1, 0.15) is 5.69 Å². The van der Waals surface area contributed by atoms with Crippen molar-refractivity contribution in [1.82, 2.24) is 4.98 Å². The van der Waals surface area contributed by atoms with E-state index in [1.165, 1.54) is 0 Å². The summed E-state index contributed by atoms with van der Waals surface area (Å²) in [4.78, 5) is 3.97. The molecule has 0 aliphatic heterocycles. The van der Waals surface area contributed by atoms with E-state index in [4.69, 9.17) is 15.7 Å². The Morgan fingerprint density at radius 2 is 2.54 bits per heavy atom. The van der Waals surface area contributed by atoms with Crippen molar-refractivity contribution < 1.29 is 9.94 Å². The SMILES string of the molecule is COCc1cccnc1/C(N)=N/O. The maximum Gasteiger partial charge on any atom is 0.189 e. The Bertz CT molecular complexity index is 312. The Kier molecular flexibility index (Phi) is 3.22. The summed E-state index contributed by atoms with van der Waals surface area (Å²) in [5.74, 6) is -0.00681. The van der Waals surface area contributed by atoms with E-state index in [1.54, 1.807) is 19.4 Å². The van der Waals surface area contributed by atoms with Gasteiger partial charge in [0.05, 0.1) is 6.61 Å². The van der Waals surface area contributed by atoms with Crippen LogP contribution in [0.4, 0.5) is 0 Å². The molecule has 0 unspecified atom stereocenters. The monoisotopic (exact) mass is 181 g/mol. The third kappa shape index (κ3) is 2.16. The van der Waals surface area contributed by atoms with Gasteiger partial charge < -0.3 is 15.7 Å². The van der Waals surface area contributed by atoms with Crippen molar-refractivity contribution in [2.45, 2.75) is 6.61 Å². The molecule has 1 aromatic rings. The molecule has 0 radical (unpaired) electrons. The van der Waals surface area contributed by atoms with E-state index in [-0.39, 0.29) is 5.84 Å². The van der Waals surface area contributed by atoms with Crippen molar-refractivity contribution in [3.63, 3.8) is 0 Å². The number of rotatable bonds is 3. The van der Waals surface area contributed by atoms with Crippen LogP contribution in [0.25, 0.3) is 0 Å². The zero-order chi connectivity index (χ0) is 9.68. The summed E-state index contributed by atoms with van der Waals surface area (Å²) in [5.41, 5.74) is 6.65. The Morgan fingerprint density at radius 1 is 1.77 bits per heavy atom. The number of methoxy groups -OCH3 is 1. The molecule has 5 nitrogen and oxygen atoms in total. The quantitative estimate of drug-likeness (QED) is 0.304. The third-order valence-corrected chi connectivity index (χ3v) is 1.54. The average Bonchev–Trinajstić information content (AvgIpc) is 2.18. The first-order valence-corrected chi connectivity index (χ1v) is 3.70. The standard InChI is InChI=1S/C8H11N3O2/c1-13-5-6-3-2-4-10-7(6)8(9)11-12/h2-4,12H,5H2,1H3,(H2,9,11). The molecule has 0 aliphatic rings. The topological polar surface area (TPSA) is 80.7 Å². The summed E-state index contributed by atoms with van der Waals surface area (Å²) in [6.07, 6.45) is 1.58. The summed E-state index contributed by atoms with van der Waals surface area (Å²) in [7, 11) is 1.57. The number of oxime groups is 1. The van der Waals surface area contributed by atoms with E-state index < -0.39 is 0 Å². The van der Waals surface area contributed by atoms with Crippen LogP contribution in [0.2, 0.25) is 0 Å². The summed E-state index contributed by atoms with van der Waals surface area (Å²) < 4.78 is 4.93. The Balaban J connectivity index is 3.04. The van der Waals surface area contributed by atoms with E-state index in [0.29, 0.717) is 12.3 Å². The van der Waals surface area contributed by atoms with Crippen molar-refractivity contribution >= 4 is 5.84 Å². The second kappa shape index (κ2) is 4.42. The van der Waals surface area contributed by atoms with Crippen LogP contribution in [-0.2, 0) is 11.3 Å². The number of hydrogen-bond donors (Lipinski definition) is 2. The fourth-order valence-electron chi connectivity index (χ4n) is 0.989. The van der Waals surface area contributed by atoms with E-state index in [1.807, 2.05) is 6.07 Å². The molecule has 0 aromatic carbocycles. The highest BCUT2D eigenvalue weighted by Crippen LogP contribution is 2.05. The highest BCUT2D eigenvalue weighted by molar-refractivity contribution is 5.96. The van der Waals surface area contributed by atoms with Gasteiger partial charge in [-0.1, -0.05) is 11.2 Å². The Morgan fingerprint density at radius 3 is 3.15 bits per heavy atom.